The Balaban J connectivity index is 2.08. The van der Waals surface area contributed by atoms with Crippen molar-refractivity contribution in [3.8, 4) is 0 Å². The van der Waals surface area contributed by atoms with Gasteiger partial charge < -0.3 is 10.4 Å². The van der Waals surface area contributed by atoms with Crippen LogP contribution in [0.1, 0.15) is 46.5 Å². The van der Waals surface area contributed by atoms with Crippen LogP contribution in [0.5, 0.6) is 0 Å². The Hall–Kier alpha value is -0.250. The molecule has 0 spiro atoms. The fourth-order valence-corrected chi connectivity index (χ4v) is 3.74. The van der Waals surface area contributed by atoms with E-state index in [1.54, 1.807) is 0 Å². The van der Waals surface area contributed by atoms with Crippen molar-refractivity contribution in [3.63, 3.8) is 0 Å². The number of hydrogen-bond donors (Lipinski definition) is 2. The zero-order valence-electron chi connectivity index (χ0n) is 13.0. The number of halogens is 2. The average Bonchev–Trinajstić information content (AvgIpc) is 2.42. The molecule has 2 N–H and O–H groups in total. The summed E-state index contributed by atoms with van der Waals surface area (Å²) in [5, 5.41) is 14.2. The standard InChI is InChI=1S/C17H25BrClNO/c1-16(2,3)12-6-8-17(11-21,9-7-12)20-13-4-5-15(19)14(18)10-13/h4-5,10,12,20-21H,6-9,11H2,1-3H3. The zero-order valence-corrected chi connectivity index (χ0v) is 15.4. The summed E-state index contributed by atoms with van der Waals surface area (Å²) in [4.78, 5) is 0. The molecule has 1 aliphatic carbocycles. The predicted octanol–water partition coefficient (Wildman–Crippen LogP) is 5.48. The number of anilines is 1. The van der Waals surface area contributed by atoms with Gasteiger partial charge in [0.25, 0.3) is 0 Å². The SMILES string of the molecule is CC(C)(C)C1CCC(CO)(Nc2ccc(Cl)c(Br)c2)CC1. The largest absolute Gasteiger partial charge is 0.394 e. The smallest absolute Gasteiger partial charge is 0.0661 e. The number of nitrogens with one attached hydrogen (secondary N) is 1. The Morgan fingerprint density at radius 3 is 2.43 bits per heavy atom. The first kappa shape index (κ1) is 17.1. The molecule has 2 nitrogen and oxygen atoms in total. The Kier molecular flexibility index (Phi) is 5.27. The van der Waals surface area contributed by atoms with Crippen LogP contribution in [0.3, 0.4) is 0 Å². The minimum Gasteiger partial charge on any atom is -0.394 e. The second-order valence-corrected chi connectivity index (χ2v) is 8.59. The number of benzene rings is 1. The molecular weight excluding hydrogens is 350 g/mol. The van der Waals surface area contributed by atoms with Crippen LogP contribution in [-0.2, 0) is 0 Å². The van der Waals surface area contributed by atoms with Crippen molar-refractivity contribution >= 4 is 33.2 Å². The van der Waals surface area contributed by atoms with E-state index in [2.05, 4.69) is 42.0 Å². The second kappa shape index (κ2) is 6.47. The molecule has 4 heteroatoms. The van der Waals surface area contributed by atoms with Crippen LogP contribution < -0.4 is 5.32 Å². The monoisotopic (exact) mass is 373 g/mol. The van der Waals surface area contributed by atoms with Gasteiger partial charge in [0, 0.05) is 10.2 Å². The van der Waals surface area contributed by atoms with Gasteiger partial charge in [-0.25, -0.2) is 0 Å². The van der Waals surface area contributed by atoms with Crippen molar-refractivity contribution in [1.82, 2.24) is 0 Å². The van der Waals surface area contributed by atoms with Gasteiger partial charge in [-0.3, -0.25) is 0 Å². The molecule has 1 aliphatic rings. The summed E-state index contributed by atoms with van der Waals surface area (Å²) < 4.78 is 0.880. The number of aliphatic hydroxyl groups is 1. The van der Waals surface area contributed by atoms with E-state index < -0.39 is 0 Å². The molecule has 0 heterocycles. The highest BCUT2D eigenvalue weighted by Gasteiger charge is 2.38. The Bertz CT molecular complexity index is 490. The Labute approximate surface area is 141 Å². The Morgan fingerprint density at radius 1 is 1.33 bits per heavy atom. The van der Waals surface area contributed by atoms with Gasteiger partial charge in [0.2, 0.25) is 0 Å². The van der Waals surface area contributed by atoms with E-state index in [1.807, 2.05) is 18.2 Å². The summed E-state index contributed by atoms with van der Waals surface area (Å²) in [5.41, 5.74) is 1.16. The fourth-order valence-electron chi connectivity index (χ4n) is 3.24. The third kappa shape index (κ3) is 4.14. The van der Waals surface area contributed by atoms with Crippen LogP contribution in [0.25, 0.3) is 0 Å². The maximum Gasteiger partial charge on any atom is 0.0661 e. The lowest BCUT2D eigenvalue weighted by Gasteiger charge is -2.44. The van der Waals surface area contributed by atoms with E-state index in [1.165, 1.54) is 0 Å². The fraction of sp³-hybridized carbons (Fsp3) is 0.647. The van der Waals surface area contributed by atoms with Crippen molar-refractivity contribution in [2.45, 2.75) is 52.0 Å². The van der Waals surface area contributed by atoms with Crippen molar-refractivity contribution < 1.29 is 5.11 Å². The highest BCUT2D eigenvalue weighted by molar-refractivity contribution is 9.10. The summed E-state index contributed by atoms with van der Waals surface area (Å²) in [7, 11) is 0. The maximum absolute atomic E-state index is 9.92. The molecule has 1 saturated carbocycles. The molecule has 1 aromatic rings. The van der Waals surface area contributed by atoms with E-state index in [9.17, 15) is 5.11 Å². The maximum atomic E-state index is 9.92. The molecule has 0 aliphatic heterocycles. The minimum atomic E-state index is -0.199. The van der Waals surface area contributed by atoms with Crippen molar-refractivity contribution in [1.29, 1.82) is 0 Å². The predicted molar refractivity (Wildman–Crippen MR) is 94.0 cm³/mol. The molecule has 0 saturated heterocycles. The topological polar surface area (TPSA) is 32.3 Å². The molecule has 118 valence electrons. The van der Waals surface area contributed by atoms with Gasteiger partial charge in [-0.15, -0.1) is 0 Å². The molecule has 1 fully saturated rings. The highest BCUT2D eigenvalue weighted by atomic mass is 79.9. The summed E-state index contributed by atoms with van der Waals surface area (Å²) in [6, 6.07) is 5.83. The first-order valence-corrected chi connectivity index (χ1v) is 8.77. The van der Waals surface area contributed by atoms with Crippen LogP contribution in [0, 0.1) is 11.3 Å². The lowest BCUT2D eigenvalue weighted by molar-refractivity contribution is 0.104. The molecule has 0 aromatic heterocycles. The summed E-state index contributed by atoms with van der Waals surface area (Å²) >= 11 is 9.49. The van der Waals surface area contributed by atoms with Gasteiger partial charge >= 0.3 is 0 Å². The first-order valence-electron chi connectivity index (χ1n) is 7.60. The van der Waals surface area contributed by atoms with Gasteiger partial charge in [0.1, 0.15) is 0 Å². The molecule has 21 heavy (non-hydrogen) atoms. The van der Waals surface area contributed by atoms with Crippen molar-refractivity contribution in [3.05, 3.63) is 27.7 Å². The van der Waals surface area contributed by atoms with Gasteiger partial charge in [0.05, 0.1) is 17.2 Å². The molecule has 0 amide bonds. The second-order valence-electron chi connectivity index (χ2n) is 7.33. The lowest BCUT2D eigenvalue weighted by Crippen LogP contribution is -2.46. The average molecular weight is 375 g/mol. The summed E-state index contributed by atoms with van der Waals surface area (Å²) in [6.45, 7) is 7.11. The minimum absolute atomic E-state index is 0.171. The Morgan fingerprint density at radius 2 is 1.95 bits per heavy atom. The molecule has 0 bridgehead atoms. The molecule has 0 unspecified atom stereocenters. The van der Waals surface area contributed by atoms with E-state index in [4.69, 9.17) is 11.6 Å². The quantitative estimate of drug-likeness (QED) is 0.734. The van der Waals surface area contributed by atoms with E-state index in [-0.39, 0.29) is 12.1 Å². The molecule has 0 radical (unpaired) electrons. The third-order valence-corrected chi connectivity index (χ3v) is 6.01. The molecule has 0 atom stereocenters. The number of rotatable bonds is 3. The van der Waals surface area contributed by atoms with Crippen molar-refractivity contribution in [2.24, 2.45) is 11.3 Å². The van der Waals surface area contributed by atoms with E-state index in [0.717, 1.165) is 41.8 Å². The van der Waals surface area contributed by atoms with Crippen LogP contribution in [0.2, 0.25) is 5.02 Å². The van der Waals surface area contributed by atoms with Gasteiger partial charge in [-0.05, 0) is 71.1 Å². The third-order valence-electron chi connectivity index (χ3n) is 4.80. The molecular formula is C17H25BrClNO. The van der Waals surface area contributed by atoms with E-state index in [0.29, 0.717) is 10.4 Å². The van der Waals surface area contributed by atoms with E-state index >= 15 is 0 Å². The number of hydrogen-bond acceptors (Lipinski definition) is 2. The first-order chi connectivity index (χ1) is 9.76. The molecule has 2 rings (SSSR count). The molecule has 1 aromatic carbocycles. The van der Waals surface area contributed by atoms with Gasteiger partial charge in [-0.2, -0.15) is 0 Å². The van der Waals surface area contributed by atoms with Gasteiger partial charge in [-0.1, -0.05) is 32.4 Å². The van der Waals surface area contributed by atoms with Gasteiger partial charge in [0.15, 0.2) is 0 Å². The van der Waals surface area contributed by atoms with Crippen LogP contribution in [-0.4, -0.2) is 17.3 Å². The van der Waals surface area contributed by atoms with Crippen molar-refractivity contribution in [2.75, 3.05) is 11.9 Å². The highest BCUT2D eigenvalue weighted by Crippen LogP contribution is 2.42. The van der Waals surface area contributed by atoms with Crippen LogP contribution in [0.15, 0.2) is 22.7 Å². The van der Waals surface area contributed by atoms with Crippen LogP contribution in [0.4, 0.5) is 5.69 Å². The number of aliphatic hydroxyl groups excluding tert-OH is 1. The summed E-state index contributed by atoms with van der Waals surface area (Å²) in [6.07, 6.45) is 4.33. The summed E-state index contributed by atoms with van der Waals surface area (Å²) in [5.74, 6) is 0.732. The lowest BCUT2D eigenvalue weighted by atomic mass is 9.67. The van der Waals surface area contributed by atoms with Crippen LogP contribution >= 0.6 is 27.5 Å². The normalized spacial score (nSPS) is 26.7. The zero-order chi connectivity index (χ0) is 15.7.